The molecule has 13 heavy (non-hydrogen) atoms. The van der Waals surface area contributed by atoms with E-state index in [-0.39, 0.29) is 5.38 Å². The number of hydrogen-bond donors (Lipinski definition) is 1. The molecule has 0 bridgehead atoms. The summed E-state index contributed by atoms with van der Waals surface area (Å²) in [6.45, 7) is 5.79. The van der Waals surface area contributed by atoms with Gasteiger partial charge in [0.2, 0.25) is 0 Å². The predicted molar refractivity (Wildman–Crippen MR) is 56.2 cm³/mol. The fourth-order valence-corrected chi connectivity index (χ4v) is 1.46. The van der Waals surface area contributed by atoms with Gasteiger partial charge in [0.1, 0.15) is 0 Å². The first-order chi connectivity index (χ1) is 6.02. The highest BCUT2D eigenvalue weighted by Crippen LogP contribution is 2.24. The fourth-order valence-electron chi connectivity index (χ4n) is 1.33. The quantitative estimate of drug-likeness (QED) is 0.725. The number of hydrogen-bond acceptors (Lipinski definition) is 1. The number of aliphatic hydroxyl groups excluding tert-OH is 1. The fraction of sp³-hybridized carbons (Fsp3) is 0.455. The van der Waals surface area contributed by atoms with Gasteiger partial charge in [-0.3, -0.25) is 0 Å². The average Bonchev–Trinajstić information content (AvgIpc) is 2.08. The third kappa shape index (κ3) is 2.45. The minimum absolute atomic E-state index is 0.250. The van der Waals surface area contributed by atoms with Gasteiger partial charge < -0.3 is 5.11 Å². The number of halogens is 1. The van der Waals surface area contributed by atoms with E-state index in [1.54, 1.807) is 6.92 Å². The van der Waals surface area contributed by atoms with Crippen molar-refractivity contribution in [2.24, 2.45) is 0 Å². The molecule has 0 aliphatic heterocycles. The lowest BCUT2D eigenvalue weighted by atomic mass is 9.99. The van der Waals surface area contributed by atoms with Gasteiger partial charge in [0.25, 0.3) is 0 Å². The van der Waals surface area contributed by atoms with Crippen molar-refractivity contribution in [1.82, 2.24) is 0 Å². The average molecular weight is 199 g/mol. The van der Waals surface area contributed by atoms with Crippen LogP contribution in [0.5, 0.6) is 0 Å². The van der Waals surface area contributed by atoms with Gasteiger partial charge in [-0.2, -0.15) is 0 Å². The van der Waals surface area contributed by atoms with E-state index in [1.165, 1.54) is 0 Å². The number of alkyl halides is 1. The van der Waals surface area contributed by atoms with Gasteiger partial charge in [-0.05, 0) is 31.9 Å². The highest BCUT2D eigenvalue weighted by Gasteiger charge is 2.15. The molecule has 0 aromatic heterocycles. The van der Waals surface area contributed by atoms with E-state index in [2.05, 4.69) is 0 Å². The standard InChI is InChI=1S/C11H15ClO/c1-7-4-5-8(2)10(6-7)11(13)9(3)12/h4-6,9,11,13H,1-3H3. The topological polar surface area (TPSA) is 20.2 Å². The van der Waals surface area contributed by atoms with Gasteiger partial charge in [0, 0.05) is 0 Å². The molecule has 0 amide bonds. The van der Waals surface area contributed by atoms with Crippen LogP contribution in [0.15, 0.2) is 18.2 Å². The van der Waals surface area contributed by atoms with Crippen molar-refractivity contribution in [3.8, 4) is 0 Å². The number of aliphatic hydroxyl groups is 1. The first kappa shape index (κ1) is 10.6. The van der Waals surface area contributed by atoms with Crippen LogP contribution in [0.3, 0.4) is 0 Å². The Morgan fingerprint density at radius 3 is 2.46 bits per heavy atom. The van der Waals surface area contributed by atoms with E-state index in [4.69, 9.17) is 11.6 Å². The molecule has 2 heteroatoms. The molecule has 0 fully saturated rings. The molecule has 72 valence electrons. The van der Waals surface area contributed by atoms with Crippen molar-refractivity contribution >= 4 is 11.6 Å². The first-order valence-corrected chi connectivity index (χ1v) is 4.85. The second-order valence-corrected chi connectivity index (χ2v) is 4.17. The molecule has 1 aromatic rings. The van der Waals surface area contributed by atoms with Gasteiger partial charge in [-0.15, -0.1) is 11.6 Å². The van der Waals surface area contributed by atoms with Gasteiger partial charge in [0.15, 0.2) is 0 Å². The van der Waals surface area contributed by atoms with E-state index >= 15 is 0 Å². The molecule has 0 saturated carbocycles. The van der Waals surface area contributed by atoms with Crippen molar-refractivity contribution in [2.75, 3.05) is 0 Å². The Labute approximate surface area is 84.4 Å². The maximum atomic E-state index is 9.77. The molecule has 0 saturated heterocycles. The Hall–Kier alpha value is -0.530. The minimum atomic E-state index is -0.568. The lowest BCUT2D eigenvalue weighted by Gasteiger charge is -2.16. The summed E-state index contributed by atoms with van der Waals surface area (Å²) in [4.78, 5) is 0. The lowest BCUT2D eigenvalue weighted by molar-refractivity contribution is 0.176. The van der Waals surface area contributed by atoms with Crippen LogP contribution in [-0.2, 0) is 0 Å². The summed E-state index contributed by atoms with van der Waals surface area (Å²) in [6, 6.07) is 6.02. The maximum Gasteiger partial charge on any atom is 0.0953 e. The molecule has 1 rings (SSSR count). The Morgan fingerprint density at radius 2 is 1.92 bits per heavy atom. The Morgan fingerprint density at radius 1 is 1.31 bits per heavy atom. The highest BCUT2D eigenvalue weighted by atomic mass is 35.5. The molecule has 0 heterocycles. The summed E-state index contributed by atoms with van der Waals surface area (Å²) in [5, 5.41) is 9.52. The van der Waals surface area contributed by atoms with Gasteiger partial charge in [0.05, 0.1) is 11.5 Å². The molecular weight excluding hydrogens is 184 g/mol. The molecule has 0 aliphatic rings. The summed E-state index contributed by atoms with van der Waals surface area (Å²) in [6.07, 6.45) is -0.568. The summed E-state index contributed by atoms with van der Waals surface area (Å²) in [5.41, 5.74) is 3.17. The van der Waals surface area contributed by atoms with Crippen molar-refractivity contribution < 1.29 is 5.11 Å². The summed E-state index contributed by atoms with van der Waals surface area (Å²) < 4.78 is 0. The molecule has 0 aliphatic carbocycles. The molecule has 1 nitrogen and oxygen atoms in total. The molecule has 2 atom stereocenters. The van der Waals surface area contributed by atoms with Crippen molar-refractivity contribution in [3.05, 3.63) is 34.9 Å². The van der Waals surface area contributed by atoms with Crippen molar-refractivity contribution in [2.45, 2.75) is 32.3 Å². The van der Waals surface area contributed by atoms with E-state index in [0.717, 1.165) is 16.7 Å². The van der Waals surface area contributed by atoms with Crippen molar-refractivity contribution in [3.63, 3.8) is 0 Å². The van der Waals surface area contributed by atoms with Crippen LogP contribution in [0, 0.1) is 13.8 Å². The largest absolute Gasteiger partial charge is 0.387 e. The molecule has 0 spiro atoms. The number of benzene rings is 1. The lowest BCUT2D eigenvalue weighted by Crippen LogP contribution is -2.09. The molecule has 1 N–H and O–H groups in total. The Bertz CT molecular complexity index is 294. The predicted octanol–water partition coefficient (Wildman–Crippen LogP) is 2.96. The van der Waals surface area contributed by atoms with Crippen LogP contribution in [0.25, 0.3) is 0 Å². The molecule has 1 aromatic carbocycles. The third-order valence-electron chi connectivity index (χ3n) is 2.19. The first-order valence-electron chi connectivity index (χ1n) is 4.41. The van der Waals surface area contributed by atoms with Crippen molar-refractivity contribution in [1.29, 1.82) is 0 Å². The van der Waals surface area contributed by atoms with Crippen LogP contribution >= 0.6 is 11.6 Å². The monoisotopic (exact) mass is 198 g/mol. The second kappa shape index (κ2) is 4.12. The van der Waals surface area contributed by atoms with Crippen LogP contribution in [0.1, 0.15) is 29.7 Å². The van der Waals surface area contributed by atoms with E-state index < -0.39 is 6.10 Å². The van der Waals surface area contributed by atoms with Crippen LogP contribution in [0.2, 0.25) is 0 Å². The zero-order valence-electron chi connectivity index (χ0n) is 8.21. The van der Waals surface area contributed by atoms with E-state index in [0.29, 0.717) is 0 Å². The van der Waals surface area contributed by atoms with Gasteiger partial charge >= 0.3 is 0 Å². The zero-order chi connectivity index (χ0) is 10.0. The third-order valence-corrected chi connectivity index (χ3v) is 2.43. The van der Waals surface area contributed by atoms with Crippen LogP contribution in [-0.4, -0.2) is 10.5 Å². The Kier molecular flexibility index (Phi) is 3.34. The molecule has 2 unspecified atom stereocenters. The zero-order valence-corrected chi connectivity index (χ0v) is 8.97. The number of aryl methyl sites for hydroxylation is 2. The van der Waals surface area contributed by atoms with Gasteiger partial charge in [-0.1, -0.05) is 23.8 Å². The smallest absolute Gasteiger partial charge is 0.0953 e. The highest BCUT2D eigenvalue weighted by molar-refractivity contribution is 6.20. The molecule has 0 radical (unpaired) electrons. The minimum Gasteiger partial charge on any atom is -0.387 e. The summed E-state index contributed by atoms with van der Waals surface area (Å²) >= 11 is 5.84. The van der Waals surface area contributed by atoms with Crippen LogP contribution < -0.4 is 0 Å². The van der Waals surface area contributed by atoms with E-state index in [1.807, 2.05) is 32.0 Å². The normalized spacial score (nSPS) is 15.5. The second-order valence-electron chi connectivity index (χ2n) is 3.48. The van der Waals surface area contributed by atoms with E-state index in [9.17, 15) is 5.11 Å². The summed E-state index contributed by atoms with van der Waals surface area (Å²) in [5.74, 6) is 0. The summed E-state index contributed by atoms with van der Waals surface area (Å²) in [7, 11) is 0. The Balaban J connectivity index is 3.05. The van der Waals surface area contributed by atoms with Gasteiger partial charge in [-0.25, -0.2) is 0 Å². The SMILES string of the molecule is Cc1ccc(C)c(C(O)C(C)Cl)c1. The maximum absolute atomic E-state index is 9.77. The number of rotatable bonds is 2. The van der Waals surface area contributed by atoms with Crippen LogP contribution in [0.4, 0.5) is 0 Å². The molecular formula is C11H15ClO.